The number of nitrogens with one attached hydrogen (secondary N) is 2. The van der Waals surface area contributed by atoms with Crippen LogP contribution in [-0.4, -0.2) is 21.4 Å². The Morgan fingerprint density at radius 3 is 2.71 bits per heavy atom. The number of hydrogen-bond acceptors (Lipinski definition) is 5. The van der Waals surface area contributed by atoms with Crippen LogP contribution in [0.1, 0.15) is 42.8 Å². The number of anilines is 1. The van der Waals surface area contributed by atoms with Crippen molar-refractivity contribution in [3.8, 4) is 0 Å². The zero-order chi connectivity index (χ0) is 15.5. The summed E-state index contributed by atoms with van der Waals surface area (Å²) in [6.45, 7) is 8.18. The molecule has 0 aliphatic carbocycles. The van der Waals surface area contributed by atoms with Gasteiger partial charge in [-0.3, -0.25) is 4.79 Å². The highest BCUT2D eigenvalue weighted by Gasteiger charge is 2.14. The van der Waals surface area contributed by atoms with Crippen LogP contribution >= 0.6 is 0 Å². The van der Waals surface area contributed by atoms with Gasteiger partial charge >= 0.3 is 0 Å². The molecule has 0 saturated carbocycles. The molecule has 6 nitrogen and oxygen atoms in total. The molecular weight excluding hydrogens is 268 g/mol. The fraction of sp³-hybridized carbons (Fsp3) is 0.400. The molecule has 2 rings (SSSR count). The summed E-state index contributed by atoms with van der Waals surface area (Å²) in [5, 5.41) is 6.01. The SMILES string of the molecule is Cc1nc(NC(C)(C)C)cc(C(=O)NCc2ccco2)n1. The predicted molar refractivity (Wildman–Crippen MR) is 80.0 cm³/mol. The van der Waals surface area contributed by atoms with Gasteiger partial charge in [0.05, 0.1) is 12.8 Å². The van der Waals surface area contributed by atoms with Crippen LogP contribution in [0.2, 0.25) is 0 Å². The van der Waals surface area contributed by atoms with Gasteiger partial charge in [0.25, 0.3) is 5.91 Å². The Balaban J connectivity index is 2.09. The highest BCUT2D eigenvalue weighted by atomic mass is 16.3. The van der Waals surface area contributed by atoms with Gasteiger partial charge in [0.2, 0.25) is 0 Å². The predicted octanol–water partition coefficient (Wildman–Crippen LogP) is 2.52. The summed E-state index contributed by atoms with van der Waals surface area (Å²) in [6.07, 6.45) is 1.57. The first kappa shape index (κ1) is 15.0. The van der Waals surface area contributed by atoms with Gasteiger partial charge in [-0.15, -0.1) is 0 Å². The minimum atomic E-state index is -0.256. The summed E-state index contributed by atoms with van der Waals surface area (Å²) in [6, 6.07) is 5.23. The maximum atomic E-state index is 12.1. The Labute approximate surface area is 124 Å². The third-order valence-electron chi connectivity index (χ3n) is 2.58. The zero-order valence-electron chi connectivity index (χ0n) is 12.7. The van der Waals surface area contributed by atoms with Crippen molar-refractivity contribution in [3.05, 3.63) is 41.7 Å². The molecule has 1 amide bonds. The molecule has 0 spiro atoms. The van der Waals surface area contributed by atoms with E-state index in [1.807, 2.05) is 20.8 Å². The number of amides is 1. The Kier molecular flexibility index (Phi) is 4.26. The van der Waals surface area contributed by atoms with Crippen molar-refractivity contribution in [1.82, 2.24) is 15.3 Å². The van der Waals surface area contributed by atoms with E-state index < -0.39 is 0 Å². The maximum Gasteiger partial charge on any atom is 0.270 e. The molecule has 21 heavy (non-hydrogen) atoms. The number of carbonyl (C=O) groups excluding carboxylic acids is 1. The van der Waals surface area contributed by atoms with Crippen LogP contribution in [0, 0.1) is 6.92 Å². The molecule has 0 unspecified atom stereocenters. The Morgan fingerprint density at radius 2 is 2.10 bits per heavy atom. The second kappa shape index (κ2) is 5.95. The minimum Gasteiger partial charge on any atom is -0.467 e. The number of hydrogen-bond donors (Lipinski definition) is 2. The normalized spacial score (nSPS) is 11.2. The zero-order valence-corrected chi connectivity index (χ0v) is 12.7. The van der Waals surface area contributed by atoms with Gasteiger partial charge < -0.3 is 15.1 Å². The van der Waals surface area contributed by atoms with E-state index in [1.54, 1.807) is 31.4 Å². The Bertz CT molecular complexity index is 615. The first-order valence-corrected chi connectivity index (χ1v) is 6.78. The summed E-state index contributed by atoms with van der Waals surface area (Å²) >= 11 is 0. The van der Waals surface area contributed by atoms with Gasteiger partial charge in [-0.25, -0.2) is 9.97 Å². The number of carbonyl (C=O) groups is 1. The fourth-order valence-corrected chi connectivity index (χ4v) is 1.80. The summed E-state index contributed by atoms with van der Waals surface area (Å²) < 4.78 is 5.17. The molecule has 0 fully saturated rings. The van der Waals surface area contributed by atoms with Crippen molar-refractivity contribution in [2.45, 2.75) is 39.8 Å². The van der Waals surface area contributed by atoms with Crippen LogP contribution in [0.15, 0.2) is 28.9 Å². The van der Waals surface area contributed by atoms with Crippen molar-refractivity contribution in [2.75, 3.05) is 5.32 Å². The van der Waals surface area contributed by atoms with E-state index in [0.29, 0.717) is 29.6 Å². The van der Waals surface area contributed by atoms with E-state index in [-0.39, 0.29) is 11.4 Å². The molecule has 0 aliphatic heterocycles. The highest BCUT2D eigenvalue weighted by Crippen LogP contribution is 2.13. The lowest BCUT2D eigenvalue weighted by Crippen LogP contribution is -2.28. The molecule has 112 valence electrons. The van der Waals surface area contributed by atoms with Crippen molar-refractivity contribution in [1.29, 1.82) is 0 Å². The van der Waals surface area contributed by atoms with Gasteiger partial charge in [0.1, 0.15) is 23.1 Å². The van der Waals surface area contributed by atoms with E-state index in [4.69, 9.17) is 4.42 Å². The Morgan fingerprint density at radius 1 is 1.33 bits per heavy atom. The Hall–Kier alpha value is -2.37. The molecule has 2 N–H and O–H groups in total. The summed E-state index contributed by atoms with van der Waals surface area (Å²) in [4.78, 5) is 20.6. The smallest absolute Gasteiger partial charge is 0.270 e. The lowest BCUT2D eigenvalue weighted by molar-refractivity contribution is 0.0942. The number of aromatic nitrogens is 2. The average molecular weight is 288 g/mol. The molecule has 0 aromatic carbocycles. The van der Waals surface area contributed by atoms with Crippen LogP contribution in [0.25, 0.3) is 0 Å². The molecular formula is C15H20N4O2. The van der Waals surface area contributed by atoms with Gasteiger partial charge in [-0.05, 0) is 39.8 Å². The highest BCUT2D eigenvalue weighted by molar-refractivity contribution is 5.92. The molecule has 0 bridgehead atoms. The molecule has 0 saturated heterocycles. The van der Waals surface area contributed by atoms with Crippen LogP contribution in [0.3, 0.4) is 0 Å². The molecule has 0 atom stereocenters. The molecule has 2 aromatic heterocycles. The summed E-state index contributed by atoms with van der Waals surface area (Å²) in [7, 11) is 0. The van der Waals surface area contributed by atoms with E-state index >= 15 is 0 Å². The van der Waals surface area contributed by atoms with Crippen LogP contribution in [0.5, 0.6) is 0 Å². The maximum absolute atomic E-state index is 12.1. The van der Waals surface area contributed by atoms with Gasteiger partial charge in [-0.1, -0.05) is 0 Å². The molecule has 2 aromatic rings. The largest absolute Gasteiger partial charge is 0.467 e. The van der Waals surface area contributed by atoms with Gasteiger partial charge in [-0.2, -0.15) is 0 Å². The second-order valence-electron chi connectivity index (χ2n) is 5.82. The molecule has 0 radical (unpaired) electrons. The fourth-order valence-electron chi connectivity index (χ4n) is 1.80. The van der Waals surface area contributed by atoms with Gasteiger partial charge in [0, 0.05) is 11.6 Å². The number of rotatable bonds is 4. The minimum absolute atomic E-state index is 0.136. The monoisotopic (exact) mass is 288 g/mol. The standard InChI is InChI=1S/C15H20N4O2/c1-10-17-12(8-13(18-10)19-15(2,3)4)14(20)16-9-11-6-5-7-21-11/h5-8H,9H2,1-4H3,(H,16,20)(H,17,18,19). The van der Waals surface area contributed by atoms with Crippen LogP contribution < -0.4 is 10.6 Å². The molecule has 2 heterocycles. The third kappa shape index (κ3) is 4.59. The van der Waals surface area contributed by atoms with E-state index in [9.17, 15) is 4.79 Å². The van der Waals surface area contributed by atoms with Crippen molar-refractivity contribution < 1.29 is 9.21 Å². The molecule has 0 aliphatic rings. The lowest BCUT2D eigenvalue weighted by Gasteiger charge is -2.21. The first-order chi connectivity index (χ1) is 9.83. The number of aryl methyl sites for hydroxylation is 1. The average Bonchev–Trinajstić information content (AvgIpc) is 2.86. The first-order valence-electron chi connectivity index (χ1n) is 6.78. The van der Waals surface area contributed by atoms with E-state index in [1.165, 1.54) is 0 Å². The van der Waals surface area contributed by atoms with Crippen LogP contribution in [0.4, 0.5) is 5.82 Å². The van der Waals surface area contributed by atoms with Crippen LogP contribution in [-0.2, 0) is 6.54 Å². The van der Waals surface area contributed by atoms with E-state index in [0.717, 1.165) is 0 Å². The van der Waals surface area contributed by atoms with Crippen molar-refractivity contribution in [3.63, 3.8) is 0 Å². The van der Waals surface area contributed by atoms with E-state index in [2.05, 4.69) is 20.6 Å². The number of furan rings is 1. The van der Waals surface area contributed by atoms with Crippen molar-refractivity contribution in [2.24, 2.45) is 0 Å². The summed E-state index contributed by atoms with van der Waals surface area (Å²) in [5.74, 6) is 1.63. The molecule has 6 heteroatoms. The third-order valence-corrected chi connectivity index (χ3v) is 2.58. The lowest BCUT2D eigenvalue weighted by atomic mass is 10.1. The topological polar surface area (TPSA) is 80.0 Å². The quantitative estimate of drug-likeness (QED) is 0.903. The van der Waals surface area contributed by atoms with Gasteiger partial charge in [0.15, 0.2) is 0 Å². The summed E-state index contributed by atoms with van der Waals surface area (Å²) in [5.41, 5.74) is 0.198. The number of nitrogens with zero attached hydrogens (tertiary/aromatic N) is 2. The second-order valence-corrected chi connectivity index (χ2v) is 5.82. The van der Waals surface area contributed by atoms with Crippen molar-refractivity contribution >= 4 is 11.7 Å².